The zero-order valence-corrected chi connectivity index (χ0v) is 45.6. The number of ether oxygens (including phenoxy) is 1. The van der Waals surface area contributed by atoms with Gasteiger partial charge in [0.25, 0.3) is 0 Å². The average molecular weight is 1110 g/mol. The monoisotopic (exact) mass is 1110 g/mol. The van der Waals surface area contributed by atoms with Crippen LogP contribution >= 0.6 is 0 Å². The van der Waals surface area contributed by atoms with Crippen LogP contribution in [-0.4, -0.2) is 16.2 Å². The molecular formula is C65H65N4OPt-. The van der Waals surface area contributed by atoms with Crippen molar-refractivity contribution >= 4 is 44.6 Å². The van der Waals surface area contributed by atoms with Crippen molar-refractivity contribution in [2.24, 2.45) is 0 Å². The summed E-state index contributed by atoms with van der Waals surface area (Å²) in [6, 6.07) is 63.2. The first-order chi connectivity index (χ1) is 33.1. The SMILES string of the molecule is CC(C)(C)c1cccc(-c2cccc3c2[N@@+]2(c4cc(C(C)(C)C)cc(C(C)(C)C)c4)[CH-][N@+]3(c3[c-]c(Oc4[c-]c5c(cc4)c4ccc(-c6ccccc6)cc4n5-c4cc(C(C)(C)C)ccn4)ccc3)C2)c1.[Pt]. The molecule has 0 spiro atoms. The molecule has 2 aromatic heterocycles. The zero-order chi connectivity index (χ0) is 49.2. The molecule has 2 bridgehead atoms. The van der Waals surface area contributed by atoms with E-state index in [1.165, 1.54) is 56.0 Å². The second-order valence-electron chi connectivity index (χ2n) is 23.9. The fraction of sp³-hybridized carbons (Fsp3) is 0.262. The summed E-state index contributed by atoms with van der Waals surface area (Å²) < 4.78 is 10.3. The van der Waals surface area contributed by atoms with Crippen molar-refractivity contribution in [3.63, 3.8) is 0 Å². The summed E-state index contributed by atoms with van der Waals surface area (Å²) in [7, 11) is 0. The van der Waals surface area contributed by atoms with Gasteiger partial charge in [0.05, 0.1) is 6.67 Å². The second-order valence-corrected chi connectivity index (χ2v) is 23.9. The van der Waals surface area contributed by atoms with Crippen LogP contribution in [0.25, 0.3) is 49.9 Å². The Kier molecular flexibility index (Phi) is 11.6. The van der Waals surface area contributed by atoms with E-state index < -0.39 is 0 Å². The summed E-state index contributed by atoms with van der Waals surface area (Å²) in [6.07, 6.45) is 1.93. The number of nitrogens with zero attached hydrogens (tertiary/aromatic N) is 4. The van der Waals surface area contributed by atoms with Gasteiger partial charge in [-0.2, -0.15) is 12.1 Å². The Labute approximate surface area is 436 Å². The van der Waals surface area contributed by atoms with Gasteiger partial charge in [-0.15, -0.1) is 29.7 Å². The van der Waals surface area contributed by atoms with Gasteiger partial charge >= 0.3 is 0 Å². The Balaban J connectivity index is 0.00000582. The Morgan fingerprint density at radius 1 is 0.521 bits per heavy atom. The maximum absolute atomic E-state index is 6.88. The molecule has 0 N–H and O–H groups in total. The number of quaternary nitrogens is 2. The van der Waals surface area contributed by atoms with E-state index in [1.54, 1.807) is 0 Å². The molecule has 5 heterocycles. The number of hydrogen-bond acceptors (Lipinski definition) is 2. The fourth-order valence-electron chi connectivity index (χ4n) is 10.7. The van der Waals surface area contributed by atoms with Gasteiger partial charge in [-0.1, -0.05) is 174 Å². The van der Waals surface area contributed by atoms with E-state index in [9.17, 15) is 0 Å². The summed E-state index contributed by atoms with van der Waals surface area (Å²) in [6.45, 7) is 31.0. The molecule has 2 atom stereocenters. The minimum Gasteiger partial charge on any atom is -0.509 e. The molecule has 0 aliphatic carbocycles. The van der Waals surface area contributed by atoms with Crippen molar-refractivity contribution in [1.29, 1.82) is 0 Å². The maximum atomic E-state index is 6.88. The minimum absolute atomic E-state index is 0. The van der Waals surface area contributed by atoms with Crippen molar-refractivity contribution in [2.45, 2.75) is 105 Å². The maximum Gasteiger partial charge on any atom is 0.187 e. The normalized spacial score (nSPS) is 17.7. The van der Waals surface area contributed by atoms with Crippen molar-refractivity contribution in [2.75, 3.05) is 6.67 Å². The molecule has 9 aromatic rings. The number of fused-ring (bicyclic) bond motifs is 3. The molecule has 0 amide bonds. The first-order valence-corrected chi connectivity index (χ1v) is 24.9. The van der Waals surface area contributed by atoms with Gasteiger partial charge in [-0.25, -0.2) is 4.98 Å². The predicted molar refractivity (Wildman–Crippen MR) is 293 cm³/mol. The summed E-state index contributed by atoms with van der Waals surface area (Å²) in [4.78, 5) is 4.99. The van der Waals surface area contributed by atoms with E-state index in [-0.39, 0.29) is 42.7 Å². The Morgan fingerprint density at radius 3 is 1.83 bits per heavy atom. The molecule has 5 nitrogen and oxygen atoms in total. The van der Waals surface area contributed by atoms with E-state index in [0.717, 1.165) is 45.5 Å². The van der Waals surface area contributed by atoms with E-state index in [4.69, 9.17) is 9.72 Å². The number of benzene rings is 7. The van der Waals surface area contributed by atoms with Crippen LogP contribution in [0.5, 0.6) is 11.5 Å². The molecule has 7 aromatic carbocycles. The van der Waals surface area contributed by atoms with Gasteiger partial charge in [0.1, 0.15) is 11.5 Å². The number of rotatable bonds is 7. The molecule has 3 aliphatic heterocycles. The van der Waals surface area contributed by atoms with Crippen LogP contribution in [0.4, 0.5) is 22.7 Å². The molecule has 0 unspecified atom stereocenters. The van der Waals surface area contributed by atoms with Crippen molar-refractivity contribution in [3.8, 4) is 39.6 Å². The van der Waals surface area contributed by atoms with Gasteiger partial charge in [0.2, 0.25) is 0 Å². The molecule has 1 saturated heterocycles. The third-order valence-corrected chi connectivity index (χ3v) is 14.8. The van der Waals surface area contributed by atoms with Crippen LogP contribution in [0.15, 0.2) is 158 Å². The van der Waals surface area contributed by atoms with E-state index >= 15 is 0 Å². The van der Waals surface area contributed by atoms with Crippen LogP contribution in [0.2, 0.25) is 0 Å². The predicted octanol–water partition coefficient (Wildman–Crippen LogP) is 17.5. The van der Waals surface area contributed by atoms with Crippen LogP contribution < -0.4 is 13.7 Å². The standard InChI is InChI=1S/C65H65N4O.Pt/c1-62(2,3)46-22-16-21-45(33-46)54-25-18-26-59-61(54)69(51-36-48(64(7,8)9)35-49(37-51)65(10,11)12)41-68(59,42-69)50-23-17-24-52(39-50)70-53-28-30-56-55-29-27-44(43-19-14-13-15-20-43)34-57(55)67(58(56)40-53)60-38-47(31-32-66-60)63(4,5)6;/h13-38,41H,42H2,1-12H3;/q-1;/t68-,69+;/m1./s1. The Bertz CT molecular complexity index is 3480. The summed E-state index contributed by atoms with van der Waals surface area (Å²) in [5.41, 5.74) is 16.9. The largest absolute Gasteiger partial charge is 0.509 e. The van der Waals surface area contributed by atoms with Gasteiger partial charge in [0.15, 0.2) is 18.0 Å². The zero-order valence-electron chi connectivity index (χ0n) is 43.3. The summed E-state index contributed by atoms with van der Waals surface area (Å²) in [5, 5.41) is 2.23. The summed E-state index contributed by atoms with van der Waals surface area (Å²) in [5.74, 6) is 2.12. The number of para-hydroxylation sites is 1. The van der Waals surface area contributed by atoms with E-state index in [0.29, 0.717) is 20.5 Å². The first-order valence-electron chi connectivity index (χ1n) is 24.9. The molecule has 0 saturated carbocycles. The Hall–Kier alpha value is -6.10. The van der Waals surface area contributed by atoms with Gasteiger partial charge in [-0.3, -0.25) is 4.48 Å². The van der Waals surface area contributed by atoms with Gasteiger partial charge in [0, 0.05) is 73.7 Å². The smallest absolute Gasteiger partial charge is 0.187 e. The number of hydrogen-bond donors (Lipinski definition) is 0. The molecule has 1 fully saturated rings. The average Bonchev–Trinajstić information content (AvgIpc) is 3.92. The second kappa shape index (κ2) is 17.0. The van der Waals surface area contributed by atoms with Crippen LogP contribution in [0.1, 0.15) is 105 Å². The van der Waals surface area contributed by atoms with Gasteiger partial charge < -0.3 is 13.8 Å². The Morgan fingerprint density at radius 2 is 1.14 bits per heavy atom. The van der Waals surface area contributed by atoms with Crippen LogP contribution in [0.3, 0.4) is 0 Å². The fourth-order valence-corrected chi connectivity index (χ4v) is 10.7. The van der Waals surface area contributed by atoms with E-state index in [2.05, 4.69) is 246 Å². The molecule has 71 heavy (non-hydrogen) atoms. The quantitative estimate of drug-likeness (QED) is 0.117. The third-order valence-electron chi connectivity index (χ3n) is 14.8. The van der Waals surface area contributed by atoms with Crippen LogP contribution in [-0.2, 0) is 42.7 Å². The third kappa shape index (κ3) is 8.29. The molecule has 3 aliphatic rings. The topological polar surface area (TPSA) is 27.1 Å². The van der Waals surface area contributed by atoms with Gasteiger partial charge in [-0.05, 0) is 90.3 Å². The molecule has 6 heteroatoms. The minimum atomic E-state index is -0.0521. The van der Waals surface area contributed by atoms with E-state index in [1.807, 2.05) is 18.3 Å². The number of pyridine rings is 1. The molecular weight excluding hydrogens is 1050 g/mol. The van der Waals surface area contributed by atoms with Crippen molar-refractivity contribution in [1.82, 2.24) is 18.5 Å². The first kappa shape index (κ1) is 48.5. The van der Waals surface area contributed by atoms with Crippen LogP contribution in [0, 0.1) is 18.8 Å². The van der Waals surface area contributed by atoms with Crippen molar-refractivity contribution in [3.05, 3.63) is 199 Å². The van der Waals surface area contributed by atoms with Crippen molar-refractivity contribution < 1.29 is 25.8 Å². The number of aromatic nitrogens is 2. The molecule has 0 radical (unpaired) electrons. The molecule has 12 rings (SSSR count). The summed E-state index contributed by atoms with van der Waals surface area (Å²) >= 11 is 0. The molecule has 362 valence electrons.